The van der Waals surface area contributed by atoms with Crippen molar-refractivity contribution < 1.29 is 19.4 Å². The van der Waals surface area contributed by atoms with Gasteiger partial charge in [0.05, 0.1) is 13.5 Å². The zero-order valence-electron chi connectivity index (χ0n) is 11.0. The zero-order valence-corrected chi connectivity index (χ0v) is 11.0. The monoisotopic (exact) mass is 286 g/mol. The SMILES string of the molecule is C.COc1cc(C2CC(=O)Oc3ccccc32)ccc1O. The zero-order chi connectivity index (χ0) is 14.1. The number of benzene rings is 2. The molecule has 21 heavy (non-hydrogen) atoms. The van der Waals surface area contributed by atoms with E-state index in [1.54, 1.807) is 24.3 Å². The maximum Gasteiger partial charge on any atom is 0.312 e. The van der Waals surface area contributed by atoms with E-state index in [-0.39, 0.29) is 31.5 Å². The van der Waals surface area contributed by atoms with Gasteiger partial charge in [-0.15, -0.1) is 0 Å². The molecule has 1 aliphatic rings. The maximum atomic E-state index is 11.7. The minimum Gasteiger partial charge on any atom is -0.504 e. The molecule has 4 nitrogen and oxygen atoms in total. The smallest absolute Gasteiger partial charge is 0.312 e. The van der Waals surface area contributed by atoms with Crippen LogP contribution in [0.3, 0.4) is 0 Å². The number of para-hydroxylation sites is 1. The Balaban J connectivity index is 0.00000161. The molecule has 1 aliphatic heterocycles. The predicted molar refractivity (Wildman–Crippen MR) is 79.9 cm³/mol. The van der Waals surface area contributed by atoms with E-state index in [1.807, 2.05) is 18.2 Å². The third kappa shape index (κ3) is 2.70. The van der Waals surface area contributed by atoms with Crippen LogP contribution in [0.1, 0.15) is 30.9 Å². The molecule has 0 fully saturated rings. The summed E-state index contributed by atoms with van der Waals surface area (Å²) in [5, 5.41) is 9.66. The second-order valence-electron chi connectivity index (χ2n) is 4.70. The number of esters is 1. The minimum absolute atomic E-state index is 0. The molecular formula is C17H18O4. The number of rotatable bonds is 2. The first kappa shape index (κ1) is 14.9. The van der Waals surface area contributed by atoms with Gasteiger partial charge in [-0.05, 0) is 23.8 Å². The normalized spacial score (nSPS) is 16.4. The Morgan fingerprint density at radius 2 is 2.00 bits per heavy atom. The number of fused-ring (bicyclic) bond motifs is 1. The van der Waals surface area contributed by atoms with Crippen LogP contribution in [0.25, 0.3) is 0 Å². The van der Waals surface area contributed by atoms with E-state index in [9.17, 15) is 9.90 Å². The quantitative estimate of drug-likeness (QED) is 0.678. The highest BCUT2D eigenvalue weighted by molar-refractivity contribution is 5.77. The lowest BCUT2D eigenvalue weighted by atomic mass is 9.86. The predicted octanol–water partition coefficient (Wildman–Crippen LogP) is 3.48. The van der Waals surface area contributed by atoms with Crippen LogP contribution in [0.15, 0.2) is 42.5 Å². The molecule has 3 rings (SSSR count). The molecule has 1 unspecified atom stereocenters. The van der Waals surface area contributed by atoms with Crippen molar-refractivity contribution in [1.29, 1.82) is 0 Å². The lowest BCUT2D eigenvalue weighted by Gasteiger charge is -2.25. The third-order valence-corrected chi connectivity index (χ3v) is 3.50. The van der Waals surface area contributed by atoms with Crippen molar-refractivity contribution in [3.63, 3.8) is 0 Å². The van der Waals surface area contributed by atoms with Crippen LogP contribution in [0.4, 0.5) is 0 Å². The van der Waals surface area contributed by atoms with Gasteiger partial charge in [0, 0.05) is 11.5 Å². The lowest BCUT2D eigenvalue weighted by Crippen LogP contribution is -2.20. The van der Waals surface area contributed by atoms with E-state index in [1.165, 1.54) is 7.11 Å². The van der Waals surface area contributed by atoms with Gasteiger partial charge in [-0.25, -0.2) is 0 Å². The largest absolute Gasteiger partial charge is 0.504 e. The first-order valence-corrected chi connectivity index (χ1v) is 6.35. The number of ether oxygens (including phenoxy) is 2. The van der Waals surface area contributed by atoms with Gasteiger partial charge in [0.25, 0.3) is 0 Å². The van der Waals surface area contributed by atoms with Crippen molar-refractivity contribution >= 4 is 5.97 Å². The highest BCUT2D eigenvalue weighted by Gasteiger charge is 2.28. The van der Waals surface area contributed by atoms with Crippen LogP contribution >= 0.6 is 0 Å². The Hall–Kier alpha value is -2.49. The second-order valence-corrected chi connectivity index (χ2v) is 4.70. The van der Waals surface area contributed by atoms with Gasteiger partial charge in [-0.3, -0.25) is 4.79 Å². The average Bonchev–Trinajstić information content (AvgIpc) is 2.47. The Bertz CT molecular complexity index is 664. The van der Waals surface area contributed by atoms with Crippen LogP contribution < -0.4 is 9.47 Å². The first-order chi connectivity index (χ1) is 9.69. The van der Waals surface area contributed by atoms with E-state index in [4.69, 9.17) is 9.47 Å². The van der Waals surface area contributed by atoms with Crippen molar-refractivity contribution in [1.82, 2.24) is 0 Å². The van der Waals surface area contributed by atoms with Gasteiger partial charge in [0.1, 0.15) is 5.75 Å². The van der Waals surface area contributed by atoms with Crippen molar-refractivity contribution in [2.24, 2.45) is 0 Å². The molecule has 1 N–H and O–H groups in total. The maximum absolute atomic E-state index is 11.7. The van der Waals surface area contributed by atoms with Gasteiger partial charge in [0.15, 0.2) is 11.5 Å². The van der Waals surface area contributed by atoms with Crippen molar-refractivity contribution in [2.75, 3.05) is 7.11 Å². The average molecular weight is 286 g/mol. The second kappa shape index (κ2) is 5.87. The molecule has 0 bridgehead atoms. The number of methoxy groups -OCH3 is 1. The van der Waals surface area contributed by atoms with Gasteiger partial charge < -0.3 is 14.6 Å². The Kier molecular flexibility index (Phi) is 4.17. The van der Waals surface area contributed by atoms with Crippen molar-refractivity contribution in [3.05, 3.63) is 53.6 Å². The highest BCUT2D eigenvalue weighted by atomic mass is 16.5. The fraction of sp³-hybridized carbons (Fsp3) is 0.235. The fourth-order valence-electron chi connectivity index (χ4n) is 2.51. The van der Waals surface area contributed by atoms with E-state index in [0.717, 1.165) is 11.1 Å². The number of hydrogen-bond acceptors (Lipinski definition) is 4. The molecule has 0 saturated carbocycles. The van der Waals surface area contributed by atoms with E-state index < -0.39 is 0 Å². The molecule has 0 radical (unpaired) electrons. The van der Waals surface area contributed by atoms with Crippen LogP contribution in [0, 0.1) is 0 Å². The van der Waals surface area contributed by atoms with Crippen LogP contribution in [0.2, 0.25) is 0 Å². The summed E-state index contributed by atoms with van der Waals surface area (Å²) in [4.78, 5) is 11.7. The van der Waals surface area contributed by atoms with Gasteiger partial charge >= 0.3 is 5.97 Å². The molecule has 0 amide bonds. The summed E-state index contributed by atoms with van der Waals surface area (Å²) in [7, 11) is 1.50. The molecule has 1 atom stereocenters. The number of phenols is 1. The summed E-state index contributed by atoms with van der Waals surface area (Å²) in [6, 6.07) is 12.6. The van der Waals surface area contributed by atoms with Crippen LogP contribution in [0.5, 0.6) is 17.2 Å². The number of phenolic OH excluding ortho intramolecular Hbond substituents is 1. The molecule has 0 aliphatic carbocycles. The van der Waals surface area contributed by atoms with Crippen molar-refractivity contribution in [2.45, 2.75) is 19.8 Å². The van der Waals surface area contributed by atoms with Crippen molar-refractivity contribution in [3.8, 4) is 17.2 Å². The van der Waals surface area contributed by atoms with Crippen LogP contribution in [-0.4, -0.2) is 18.2 Å². The molecule has 2 aromatic rings. The Morgan fingerprint density at radius 1 is 1.24 bits per heavy atom. The van der Waals surface area contributed by atoms with Gasteiger partial charge in [-0.2, -0.15) is 0 Å². The summed E-state index contributed by atoms with van der Waals surface area (Å²) in [6.07, 6.45) is 0.283. The molecule has 0 saturated heterocycles. The van der Waals surface area contributed by atoms with Crippen LogP contribution in [-0.2, 0) is 4.79 Å². The number of carbonyl (C=O) groups excluding carboxylic acids is 1. The summed E-state index contributed by atoms with van der Waals surface area (Å²) >= 11 is 0. The topological polar surface area (TPSA) is 55.8 Å². The van der Waals surface area contributed by atoms with E-state index >= 15 is 0 Å². The molecular weight excluding hydrogens is 268 g/mol. The Labute approximate surface area is 123 Å². The van der Waals surface area contributed by atoms with E-state index in [2.05, 4.69) is 0 Å². The number of carbonyl (C=O) groups is 1. The Morgan fingerprint density at radius 3 is 2.76 bits per heavy atom. The first-order valence-electron chi connectivity index (χ1n) is 6.35. The molecule has 0 aromatic heterocycles. The molecule has 2 aromatic carbocycles. The number of aromatic hydroxyl groups is 1. The lowest BCUT2D eigenvalue weighted by molar-refractivity contribution is -0.135. The van der Waals surface area contributed by atoms with Gasteiger partial charge in [-0.1, -0.05) is 31.7 Å². The third-order valence-electron chi connectivity index (χ3n) is 3.50. The summed E-state index contributed by atoms with van der Waals surface area (Å²) in [6.45, 7) is 0. The molecule has 110 valence electrons. The summed E-state index contributed by atoms with van der Waals surface area (Å²) < 4.78 is 10.4. The molecule has 1 heterocycles. The minimum atomic E-state index is -0.249. The molecule has 4 heteroatoms. The molecule has 0 spiro atoms. The standard InChI is InChI=1S/C16H14O4.CH4/c1-19-15-8-10(6-7-13(15)17)12-9-16(18)20-14-5-3-2-4-11(12)14;/h2-8,12,17H,9H2,1H3;1H4. The number of hydrogen-bond donors (Lipinski definition) is 1. The van der Waals surface area contributed by atoms with Gasteiger partial charge in [0.2, 0.25) is 0 Å². The fourth-order valence-corrected chi connectivity index (χ4v) is 2.51. The highest BCUT2D eigenvalue weighted by Crippen LogP contribution is 2.40. The van der Waals surface area contributed by atoms with E-state index in [0.29, 0.717) is 11.5 Å². The summed E-state index contributed by atoms with van der Waals surface area (Å²) in [5.41, 5.74) is 1.89. The summed E-state index contributed by atoms with van der Waals surface area (Å²) in [5.74, 6) is 0.755.